The van der Waals surface area contributed by atoms with Crippen LogP contribution in [-0.2, 0) is 0 Å². The molecule has 1 aliphatic rings. The number of fused-ring (bicyclic) bond motifs is 1. The molecule has 2 aromatic carbocycles. The fraction of sp³-hybridized carbons (Fsp3) is 0.333. The molecule has 0 atom stereocenters. The lowest BCUT2D eigenvalue weighted by molar-refractivity contribution is 0.101. The van der Waals surface area contributed by atoms with E-state index in [2.05, 4.69) is 20.0 Å². The van der Waals surface area contributed by atoms with Gasteiger partial charge in [0.15, 0.2) is 11.6 Å². The van der Waals surface area contributed by atoms with Crippen LogP contribution in [-0.4, -0.2) is 60.2 Å². The Labute approximate surface area is 169 Å². The van der Waals surface area contributed by atoms with Crippen molar-refractivity contribution in [2.75, 3.05) is 44.2 Å². The summed E-state index contributed by atoms with van der Waals surface area (Å²) in [7, 11) is 0. The van der Waals surface area contributed by atoms with Gasteiger partial charge in [0.25, 0.3) is 0 Å². The van der Waals surface area contributed by atoms with Gasteiger partial charge in [-0.1, -0.05) is 11.6 Å². The number of aromatic amines is 1. The van der Waals surface area contributed by atoms with E-state index in [1.165, 1.54) is 0 Å². The van der Waals surface area contributed by atoms with Crippen LogP contribution < -0.4 is 9.64 Å². The second-order valence-corrected chi connectivity index (χ2v) is 7.43. The highest BCUT2D eigenvalue weighted by Gasteiger charge is 2.20. The van der Waals surface area contributed by atoms with Crippen molar-refractivity contribution in [2.45, 2.75) is 6.92 Å². The van der Waals surface area contributed by atoms with E-state index >= 15 is 0 Å². The minimum absolute atomic E-state index is 0.0669. The van der Waals surface area contributed by atoms with Crippen LogP contribution in [0.5, 0.6) is 5.75 Å². The van der Waals surface area contributed by atoms with Crippen LogP contribution in [0.4, 0.5) is 5.82 Å². The number of anilines is 1. The highest BCUT2D eigenvalue weighted by Crippen LogP contribution is 2.27. The fourth-order valence-corrected chi connectivity index (χ4v) is 3.65. The van der Waals surface area contributed by atoms with Crippen LogP contribution in [0.1, 0.15) is 17.3 Å². The lowest BCUT2D eigenvalue weighted by atomic mass is 10.1. The van der Waals surface area contributed by atoms with Gasteiger partial charge in [0.2, 0.25) is 0 Å². The summed E-state index contributed by atoms with van der Waals surface area (Å²) >= 11 is 6.05. The predicted molar refractivity (Wildman–Crippen MR) is 112 cm³/mol. The summed E-state index contributed by atoms with van der Waals surface area (Å²) in [4.78, 5) is 16.0. The maximum absolute atomic E-state index is 11.3. The number of piperazine rings is 1. The number of H-pyrrole nitrogens is 1. The molecule has 1 N–H and O–H groups in total. The largest absolute Gasteiger partial charge is 0.492 e. The van der Waals surface area contributed by atoms with Crippen molar-refractivity contribution in [3.05, 3.63) is 53.1 Å². The first-order valence-corrected chi connectivity index (χ1v) is 9.83. The Bertz CT molecular complexity index is 962. The van der Waals surface area contributed by atoms with E-state index in [9.17, 15) is 4.79 Å². The summed E-state index contributed by atoms with van der Waals surface area (Å²) in [6.07, 6.45) is 0. The van der Waals surface area contributed by atoms with Gasteiger partial charge in [-0.05, 0) is 49.4 Å². The van der Waals surface area contributed by atoms with E-state index in [1.807, 2.05) is 30.3 Å². The molecule has 4 rings (SSSR count). The van der Waals surface area contributed by atoms with E-state index in [0.29, 0.717) is 17.2 Å². The van der Waals surface area contributed by atoms with Crippen LogP contribution in [0.25, 0.3) is 10.9 Å². The number of carbonyl (C=O) groups excluding carboxylic acids is 1. The molecule has 0 amide bonds. The highest BCUT2D eigenvalue weighted by atomic mass is 35.5. The number of hydrogen-bond donors (Lipinski definition) is 1. The third-order valence-corrected chi connectivity index (χ3v) is 5.35. The van der Waals surface area contributed by atoms with Crippen LogP contribution in [0.2, 0.25) is 5.02 Å². The van der Waals surface area contributed by atoms with E-state index in [1.54, 1.807) is 19.1 Å². The second kappa shape index (κ2) is 8.20. The smallest absolute Gasteiger partial charge is 0.159 e. The number of ether oxygens (including phenoxy) is 1. The topological polar surface area (TPSA) is 61.5 Å². The van der Waals surface area contributed by atoms with Gasteiger partial charge in [0.1, 0.15) is 12.4 Å². The van der Waals surface area contributed by atoms with Gasteiger partial charge in [-0.2, -0.15) is 5.10 Å². The fourth-order valence-electron chi connectivity index (χ4n) is 3.48. The van der Waals surface area contributed by atoms with Crippen molar-refractivity contribution in [1.29, 1.82) is 0 Å². The summed E-state index contributed by atoms with van der Waals surface area (Å²) in [6, 6.07) is 13.1. The quantitative estimate of drug-likeness (QED) is 0.642. The van der Waals surface area contributed by atoms with Crippen LogP contribution >= 0.6 is 11.6 Å². The molecule has 0 unspecified atom stereocenters. The maximum atomic E-state index is 11.3. The first-order valence-electron chi connectivity index (χ1n) is 9.45. The number of ketones is 1. The van der Waals surface area contributed by atoms with Crippen LogP contribution in [0.15, 0.2) is 42.5 Å². The Balaban J connectivity index is 1.26. The van der Waals surface area contributed by atoms with Gasteiger partial charge in [-0.25, -0.2) is 0 Å². The molecule has 1 fully saturated rings. The number of carbonyl (C=O) groups is 1. The molecule has 28 heavy (non-hydrogen) atoms. The lowest BCUT2D eigenvalue weighted by Crippen LogP contribution is -2.47. The average Bonchev–Trinajstić information content (AvgIpc) is 3.12. The predicted octanol–water partition coefficient (Wildman–Crippen LogP) is 3.62. The lowest BCUT2D eigenvalue weighted by Gasteiger charge is -2.34. The Morgan fingerprint density at radius 3 is 2.61 bits per heavy atom. The Morgan fingerprint density at radius 2 is 1.89 bits per heavy atom. The van der Waals surface area contributed by atoms with E-state index < -0.39 is 0 Å². The molecule has 7 heteroatoms. The number of rotatable bonds is 6. The molecule has 0 bridgehead atoms. The minimum Gasteiger partial charge on any atom is -0.492 e. The third kappa shape index (κ3) is 4.13. The van der Waals surface area contributed by atoms with Gasteiger partial charge < -0.3 is 9.64 Å². The molecule has 1 saturated heterocycles. The van der Waals surface area contributed by atoms with Crippen LogP contribution in [0, 0.1) is 0 Å². The van der Waals surface area contributed by atoms with Gasteiger partial charge in [-0.15, -0.1) is 0 Å². The van der Waals surface area contributed by atoms with Crippen molar-refractivity contribution < 1.29 is 9.53 Å². The molecular formula is C21H23ClN4O2. The molecule has 6 nitrogen and oxygen atoms in total. The van der Waals surface area contributed by atoms with Crippen molar-refractivity contribution in [3.8, 4) is 5.75 Å². The highest BCUT2D eigenvalue weighted by molar-refractivity contribution is 6.31. The first-order chi connectivity index (χ1) is 13.6. The number of hydrogen-bond acceptors (Lipinski definition) is 5. The molecule has 1 aromatic heterocycles. The molecule has 0 radical (unpaired) electrons. The van der Waals surface area contributed by atoms with E-state index in [0.717, 1.165) is 55.2 Å². The molecule has 0 saturated carbocycles. The molecule has 3 aromatic rings. The Hall–Kier alpha value is -2.57. The summed E-state index contributed by atoms with van der Waals surface area (Å²) in [5.74, 6) is 1.86. The zero-order chi connectivity index (χ0) is 19.5. The third-order valence-electron chi connectivity index (χ3n) is 5.11. The second-order valence-electron chi connectivity index (χ2n) is 6.99. The Morgan fingerprint density at radius 1 is 1.14 bits per heavy atom. The monoisotopic (exact) mass is 398 g/mol. The van der Waals surface area contributed by atoms with Crippen molar-refractivity contribution >= 4 is 34.1 Å². The molecule has 1 aliphatic heterocycles. The normalized spacial score (nSPS) is 15.1. The van der Waals surface area contributed by atoms with E-state index in [-0.39, 0.29) is 5.78 Å². The summed E-state index contributed by atoms with van der Waals surface area (Å²) in [5, 5.41) is 9.37. The van der Waals surface area contributed by atoms with Gasteiger partial charge in [-0.3, -0.25) is 14.8 Å². The molecular weight excluding hydrogens is 376 g/mol. The minimum atomic E-state index is 0.0669. The number of halogens is 1. The van der Waals surface area contributed by atoms with Gasteiger partial charge in [0.05, 0.1) is 5.52 Å². The number of nitrogens with one attached hydrogen (secondary N) is 1. The molecule has 0 spiro atoms. The zero-order valence-electron chi connectivity index (χ0n) is 15.8. The average molecular weight is 399 g/mol. The first kappa shape index (κ1) is 18.8. The number of aromatic nitrogens is 2. The number of benzene rings is 2. The van der Waals surface area contributed by atoms with Crippen molar-refractivity contribution in [1.82, 2.24) is 15.1 Å². The molecule has 0 aliphatic carbocycles. The van der Waals surface area contributed by atoms with Crippen LogP contribution in [0.3, 0.4) is 0 Å². The summed E-state index contributed by atoms with van der Waals surface area (Å²) in [6.45, 7) is 6.86. The van der Waals surface area contributed by atoms with Crippen molar-refractivity contribution in [3.63, 3.8) is 0 Å². The maximum Gasteiger partial charge on any atom is 0.159 e. The standard InChI is InChI=1S/C21H23ClN4O2/c1-15(27)16-2-5-18(6-3-16)28-13-12-25-8-10-26(11-9-25)21-19-7-4-17(22)14-20(19)23-24-21/h2-7,14H,8-13H2,1H3,(H,23,24). The van der Waals surface area contributed by atoms with E-state index in [4.69, 9.17) is 16.3 Å². The number of Topliss-reactive ketones (excluding diaryl/α,β-unsaturated/α-hetero) is 1. The summed E-state index contributed by atoms with van der Waals surface area (Å²) < 4.78 is 5.81. The van der Waals surface area contributed by atoms with Crippen molar-refractivity contribution in [2.24, 2.45) is 0 Å². The zero-order valence-corrected chi connectivity index (χ0v) is 16.6. The van der Waals surface area contributed by atoms with Gasteiger partial charge >= 0.3 is 0 Å². The Kier molecular flexibility index (Phi) is 5.50. The molecule has 146 valence electrons. The van der Waals surface area contributed by atoms with Gasteiger partial charge in [0, 0.05) is 48.7 Å². The summed E-state index contributed by atoms with van der Waals surface area (Å²) in [5.41, 5.74) is 1.67. The SMILES string of the molecule is CC(=O)c1ccc(OCCN2CCN(c3n[nH]c4cc(Cl)ccc34)CC2)cc1. The number of nitrogens with zero attached hydrogens (tertiary/aromatic N) is 3. The molecule has 2 heterocycles.